The topological polar surface area (TPSA) is 55.1 Å². The monoisotopic (exact) mass is 240 g/mol. The molecule has 2 fully saturated rings. The van der Waals surface area contributed by atoms with Crippen molar-refractivity contribution >= 4 is 23.1 Å². The Balaban J connectivity index is 1.86. The van der Waals surface area contributed by atoms with Crippen LogP contribution in [0.4, 0.5) is 0 Å². The van der Waals surface area contributed by atoms with Crippen molar-refractivity contribution in [2.45, 2.75) is 51.0 Å². The lowest BCUT2D eigenvalue weighted by Gasteiger charge is -2.24. The first-order chi connectivity index (χ1) is 7.68. The first-order valence-electron chi connectivity index (χ1n) is 6.28. The van der Waals surface area contributed by atoms with Crippen molar-refractivity contribution in [3.63, 3.8) is 0 Å². The predicted octanol–water partition coefficient (Wildman–Crippen LogP) is 1.75. The third-order valence-electron chi connectivity index (χ3n) is 3.67. The molecule has 16 heavy (non-hydrogen) atoms. The molecule has 0 aromatic carbocycles. The van der Waals surface area contributed by atoms with Gasteiger partial charge in [0.25, 0.3) is 0 Å². The van der Waals surface area contributed by atoms with Crippen LogP contribution in [0.25, 0.3) is 0 Å². The van der Waals surface area contributed by atoms with Gasteiger partial charge in [-0.15, -0.1) is 0 Å². The molecule has 0 heterocycles. The number of rotatable bonds is 4. The Morgan fingerprint density at radius 2 is 1.81 bits per heavy atom. The van der Waals surface area contributed by atoms with Gasteiger partial charge in [0.15, 0.2) is 0 Å². The highest BCUT2D eigenvalue weighted by atomic mass is 32.1. The molecule has 0 aromatic heterocycles. The first-order valence-corrected chi connectivity index (χ1v) is 6.69. The van der Waals surface area contributed by atoms with E-state index in [0.29, 0.717) is 10.9 Å². The maximum absolute atomic E-state index is 12.0. The van der Waals surface area contributed by atoms with Crippen LogP contribution in [-0.4, -0.2) is 16.9 Å². The van der Waals surface area contributed by atoms with Gasteiger partial charge in [0.1, 0.15) is 0 Å². The Kier molecular flexibility index (Phi) is 3.79. The van der Waals surface area contributed by atoms with Crippen LogP contribution in [0.3, 0.4) is 0 Å². The van der Waals surface area contributed by atoms with E-state index in [9.17, 15) is 4.79 Å². The SMILES string of the molecule is NC(=S)C(NC(=O)C1CCCCC1)C1CC1. The van der Waals surface area contributed by atoms with E-state index in [1.807, 2.05) is 0 Å². The smallest absolute Gasteiger partial charge is 0.223 e. The molecule has 90 valence electrons. The van der Waals surface area contributed by atoms with E-state index >= 15 is 0 Å². The minimum atomic E-state index is -0.0515. The number of carbonyl (C=O) groups is 1. The van der Waals surface area contributed by atoms with E-state index < -0.39 is 0 Å². The average Bonchev–Trinajstić information content (AvgIpc) is 3.10. The number of carbonyl (C=O) groups excluding carboxylic acids is 1. The highest BCUT2D eigenvalue weighted by molar-refractivity contribution is 7.80. The Labute approximate surface area is 102 Å². The molecule has 0 radical (unpaired) electrons. The fourth-order valence-electron chi connectivity index (χ4n) is 2.49. The van der Waals surface area contributed by atoms with Crippen molar-refractivity contribution in [3.05, 3.63) is 0 Å². The molecule has 2 rings (SSSR count). The van der Waals surface area contributed by atoms with Crippen molar-refractivity contribution in [2.75, 3.05) is 0 Å². The third-order valence-corrected chi connectivity index (χ3v) is 3.93. The van der Waals surface area contributed by atoms with Crippen LogP contribution in [0.5, 0.6) is 0 Å². The van der Waals surface area contributed by atoms with Gasteiger partial charge in [0.05, 0.1) is 11.0 Å². The summed E-state index contributed by atoms with van der Waals surface area (Å²) in [6, 6.07) is -0.0515. The van der Waals surface area contributed by atoms with Gasteiger partial charge < -0.3 is 11.1 Å². The molecule has 4 heteroatoms. The van der Waals surface area contributed by atoms with Gasteiger partial charge in [-0.3, -0.25) is 4.79 Å². The predicted molar refractivity (Wildman–Crippen MR) is 68.0 cm³/mol. The van der Waals surface area contributed by atoms with Gasteiger partial charge in [0.2, 0.25) is 5.91 Å². The molecule has 0 saturated heterocycles. The van der Waals surface area contributed by atoms with E-state index in [-0.39, 0.29) is 17.9 Å². The van der Waals surface area contributed by atoms with Crippen molar-refractivity contribution in [3.8, 4) is 0 Å². The summed E-state index contributed by atoms with van der Waals surface area (Å²) in [6.07, 6.45) is 7.98. The summed E-state index contributed by atoms with van der Waals surface area (Å²) in [5, 5.41) is 3.04. The van der Waals surface area contributed by atoms with E-state index in [1.165, 1.54) is 19.3 Å². The van der Waals surface area contributed by atoms with E-state index in [4.69, 9.17) is 18.0 Å². The second-order valence-electron chi connectivity index (χ2n) is 5.06. The normalized spacial score (nSPS) is 23.8. The van der Waals surface area contributed by atoms with Gasteiger partial charge >= 0.3 is 0 Å². The zero-order chi connectivity index (χ0) is 11.5. The molecular weight excluding hydrogens is 220 g/mol. The molecular formula is C12H20N2OS. The van der Waals surface area contributed by atoms with Crippen LogP contribution in [0, 0.1) is 11.8 Å². The number of hydrogen-bond acceptors (Lipinski definition) is 2. The van der Waals surface area contributed by atoms with Crippen molar-refractivity contribution in [1.29, 1.82) is 0 Å². The maximum Gasteiger partial charge on any atom is 0.223 e. The minimum absolute atomic E-state index is 0.0515. The zero-order valence-corrected chi connectivity index (χ0v) is 10.4. The molecule has 1 atom stereocenters. The number of hydrogen-bond donors (Lipinski definition) is 2. The van der Waals surface area contributed by atoms with Crippen LogP contribution in [0.15, 0.2) is 0 Å². The molecule has 0 aliphatic heterocycles. The highest BCUT2D eigenvalue weighted by Gasteiger charge is 2.35. The number of nitrogens with one attached hydrogen (secondary N) is 1. The number of nitrogens with two attached hydrogens (primary N) is 1. The molecule has 2 aliphatic carbocycles. The van der Waals surface area contributed by atoms with Crippen LogP contribution < -0.4 is 11.1 Å². The number of thiocarbonyl (C=S) groups is 1. The van der Waals surface area contributed by atoms with Gasteiger partial charge in [0, 0.05) is 5.92 Å². The second-order valence-corrected chi connectivity index (χ2v) is 5.53. The fourth-order valence-corrected chi connectivity index (χ4v) is 2.74. The number of amides is 1. The zero-order valence-electron chi connectivity index (χ0n) is 9.58. The summed E-state index contributed by atoms with van der Waals surface area (Å²) in [5.41, 5.74) is 5.67. The van der Waals surface area contributed by atoms with Crippen LogP contribution in [0.2, 0.25) is 0 Å². The van der Waals surface area contributed by atoms with Gasteiger partial charge in [-0.1, -0.05) is 31.5 Å². The summed E-state index contributed by atoms with van der Waals surface area (Å²) in [4.78, 5) is 12.5. The third kappa shape index (κ3) is 2.94. The van der Waals surface area contributed by atoms with E-state index in [0.717, 1.165) is 25.7 Å². The summed E-state index contributed by atoms with van der Waals surface area (Å²) in [7, 11) is 0. The average molecular weight is 240 g/mol. The summed E-state index contributed by atoms with van der Waals surface area (Å²) < 4.78 is 0. The van der Waals surface area contributed by atoms with Crippen LogP contribution >= 0.6 is 12.2 Å². The molecule has 0 spiro atoms. The molecule has 2 aliphatic rings. The second kappa shape index (κ2) is 5.13. The lowest BCUT2D eigenvalue weighted by Crippen LogP contribution is -2.47. The molecule has 0 bridgehead atoms. The quantitative estimate of drug-likeness (QED) is 0.736. The van der Waals surface area contributed by atoms with Crippen molar-refractivity contribution < 1.29 is 4.79 Å². The van der Waals surface area contributed by atoms with E-state index in [1.54, 1.807) is 0 Å². The van der Waals surface area contributed by atoms with Crippen molar-refractivity contribution in [1.82, 2.24) is 5.32 Å². The summed E-state index contributed by atoms with van der Waals surface area (Å²) in [6.45, 7) is 0. The van der Waals surface area contributed by atoms with Crippen LogP contribution in [0.1, 0.15) is 44.9 Å². The molecule has 3 nitrogen and oxygen atoms in total. The maximum atomic E-state index is 12.0. The Hall–Kier alpha value is -0.640. The van der Waals surface area contributed by atoms with Crippen molar-refractivity contribution in [2.24, 2.45) is 17.6 Å². The molecule has 1 amide bonds. The van der Waals surface area contributed by atoms with Gasteiger partial charge in [-0.05, 0) is 31.6 Å². The fraction of sp³-hybridized carbons (Fsp3) is 0.833. The van der Waals surface area contributed by atoms with Gasteiger partial charge in [-0.2, -0.15) is 0 Å². The first kappa shape index (κ1) is 11.8. The molecule has 2 saturated carbocycles. The lowest BCUT2D eigenvalue weighted by molar-refractivity contribution is -0.126. The lowest BCUT2D eigenvalue weighted by atomic mass is 9.88. The Morgan fingerprint density at radius 1 is 1.19 bits per heavy atom. The standard InChI is InChI=1S/C12H20N2OS/c13-11(16)10(8-6-7-8)14-12(15)9-4-2-1-3-5-9/h8-10H,1-7H2,(H2,13,16)(H,14,15). The highest BCUT2D eigenvalue weighted by Crippen LogP contribution is 2.33. The Bertz CT molecular complexity index is 283. The largest absolute Gasteiger partial charge is 0.392 e. The minimum Gasteiger partial charge on any atom is -0.392 e. The summed E-state index contributed by atoms with van der Waals surface area (Å²) >= 11 is 5.02. The van der Waals surface area contributed by atoms with Crippen LogP contribution in [-0.2, 0) is 4.79 Å². The molecule has 0 aromatic rings. The summed E-state index contributed by atoms with van der Waals surface area (Å²) in [5.74, 6) is 0.874. The van der Waals surface area contributed by atoms with E-state index in [2.05, 4.69) is 5.32 Å². The molecule has 1 unspecified atom stereocenters. The van der Waals surface area contributed by atoms with Gasteiger partial charge in [-0.25, -0.2) is 0 Å². The Morgan fingerprint density at radius 3 is 2.31 bits per heavy atom. The molecule has 3 N–H and O–H groups in total.